The van der Waals surface area contributed by atoms with E-state index in [1.54, 1.807) is 0 Å². The summed E-state index contributed by atoms with van der Waals surface area (Å²) in [5.74, 6) is 1.03. The number of likely N-dealkylation sites (tertiary alicyclic amines) is 1. The first-order valence-electron chi connectivity index (χ1n) is 6.47. The van der Waals surface area contributed by atoms with Crippen molar-refractivity contribution in [2.24, 2.45) is 5.92 Å². The minimum Gasteiger partial charge on any atom is -0.312 e. The van der Waals surface area contributed by atoms with E-state index in [4.69, 9.17) is 0 Å². The quantitative estimate of drug-likeness (QED) is 0.549. The molecule has 1 aliphatic heterocycles. The largest absolute Gasteiger partial charge is 0.312 e. The number of hydrogen-bond donors (Lipinski definition) is 1. The number of rotatable bonds is 5. The number of nitrogens with one attached hydrogen (secondary N) is 1. The van der Waals surface area contributed by atoms with Crippen LogP contribution in [0.25, 0.3) is 0 Å². The van der Waals surface area contributed by atoms with Crippen LogP contribution in [0, 0.1) is 5.92 Å². The van der Waals surface area contributed by atoms with Crippen LogP contribution in [0.2, 0.25) is 0 Å². The molecule has 2 fully saturated rings. The van der Waals surface area contributed by atoms with E-state index in [2.05, 4.69) is 16.8 Å². The Balaban J connectivity index is 1.71. The molecule has 0 aromatic heterocycles. The third-order valence-electron chi connectivity index (χ3n) is 3.99. The van der Waals surface area contributed by atoms with Crippen LogP contribution in [0.1, 0.15) is 32.1 Å². The number of fused-ring (bicyclic) bond motifs is 1. The Morgan fingerprint density at radius 3 is 3.00 bits per heavy atom. The number of nitrogens with zero attached hydrogens (tertiary/aromatic N) is 1. The fourth-order valence-corrected chi connectivity index (χ4v) is 3.21. The molecule has 2 rings (SSSR count). The van der Waals surface area contributed by atoms with Gasteiger partial charge >= 0.3 is 0 Å². The van der Waals surface area contributed by atoms with Gasteiger partial charge in [0.2, 0.25) is 0 Å². The molecule has 1 N–H and O–H groups in total. The monoisotopic (exact) mass is 208 g/mol. The van der Waals surface area contributed by atoms with Gasteiger partial charge in [0.25, 0.3) is 0 Å². The molecule has 2 unspecified atom stereocenters. The summed E-state index contributed by atoms with van der Waals surface area (Å²) < 4.78 is 0. The Morgan fingerprint density at radius 1 is 1.27 bits per heavy atom. The molecular weight excluding hydrogens is 184 g/mol. The van der Waals surface area contributed by atoms with Crippen LogP contribution in [-0.4, -0.2) is 37.1 Å². The van der Waals surface area contributed by atoms with Gasteiger partial charge in [-0.05, 0) is 31.7 Å². The maximum absolute atomic E-state index is 3.72. The predicted molar refractivity (Wildman–Crippen MR) is 65.0 cm³/mol. The van der Waals surface area contributed by atoms with Gasteiger partial charge in [-0.15, -0.1) is 6.58 Å². The van der Waals surface area contributed by atoms with Crippen molar-refractivity contribution in [1.82, 2.24) is 10.2 Å². The van der Waals surface area contributed by atoms with Gasteiger partial charge < -0.3 is 5.32 Å². The summed E-state index contributed by atoms with van der Waals surface area (Å²) in [6, 6.07) is 0.921. The maximum atomic E-state index is 3.72. The van der Waals surface area contributed by atoms with Gasteiger partial charge in [-0.2, -0.15) is 0 Å². The van der Waals surface area contributed by atoms with E-state index in [9.17, 15) is 0 Å². The summed E-state index contributed by atoms with van der Waals surface area (Å²) in [7, 11) is 0. The molecule has 1 heterocycles. The zero-order chi connectivity index (χ0) is 10.5. The van der Waals surface area contributed by atoms with Gasteiger partial charge in [-0.1, -0.05) is 18.9 Å². The molecular formula is C13H24N2. The fourth-order valence-electron chi connectivity index (χ4n) is 3.21. The average molecular weight is 208 g/mol. The first-order chi connectivity index (χ1) is 7.42. The van der Waals surface area contributed by atoms with Crippen LogP contribution in [0.15, 0.2) is 12.7 Å². The molecule has 1 saturated heterocycles. The van der Waals surface area contributed by atoms with Crippen molar-refractivity contribution >= 4 is 0 Å². The van der Waals surface area contributed by atoms with Crippen molar-refractivity contribution in [3.05, 3.63) is 12.7 Å². The Hall–Kier alpha value is -0.340. The van der Waals surface area contributed by atoms with Crippen LogP contribution in [0.3, 0.4) is 0 Å². The van der Waals surface area contributed by atoms with E-state index < -0.39 is 0 Å². The summed E-state index contributed by atoms with van der Waals surface area (Å²) in [4.78, 5) is 2.71. The highest BCUT2D eigenvalue weighted by atomic mass is 15.2. The Kier molecular flexibility index (Phi) is 4.21. The highest BCUT2D eigenvalue weighted by molar-refractivity contribution is 4.89. The molecule has 0 spiro atoms. The van der Waals surface area contributed by atoms with Crippen molar-refractivity contribution in [3.8, 4) is 0 Å². The van der Waals surface area contributed by atoms with Crippen molar-refractivity contribution in [3.63, 3.8) is 0 Å². The summed E-state index contributed by atoms with van der Waals surface area (Å²) in [5, 5.41) is 3.40. The lowest BCUT2D eigenvalue weighted by Gasteiger charge is -2.31. The van der Waals surface area contributed by atoms with Gasteiger partial charge in [-0.3, -0.25) is 4.90 Å². The molecule has 2 atom stereocenters. The molecule has 2 heteroatoms. The van der Waals surface area contributed by atoms with E-state index >= 15 is 0 Å². The standard InChI is InChI=1S/C13H24N2/c1-2-8-14-9-11-15-10-7-12-5-3-4-6-13(12)15/h2,12-14H,1,3-11H2. The molecule has 1 saturated carbocycles. The first-order valence-corrected chi connectivity index (χ1v) is 6.47. The summed E-state index contributed by atoms with van der Waals surface area (Å²) in [6.07, 6.45) is 9.26. The molecule has 0 amide bonds. The first kappa shape index (κ1) is 11.2. The van der Waals surface area contributed by atoms with Gasteiger partial charge in [-0.25, -0.2) is 0 Å². The van der Waals surface area contributed by atoms with Gasteiger partial charge in [0, 0.05) is 25.7 Å². The lowest BCUT2D eigenvalue weighted by Crippen LogP contribution is -2.38. The minimum atomic E-state index is 0.921. The van der Waals surface area contributed by atoms with E-state index in [1.165, 1.54) is 45.2 Å². The average Bonchev–Trinajstić information content (AvgIpc) is 2.68. The zero-order valence-electron chi connectivity index (χ0n) is 9.75. The van der Waals surface area contributed by atoms with E-state index in [0.717, 1.165) is 25.0 Å². The molecule has 86 valence electrons. The van der Waals surface area contributed by atoms with Crippen LogP contribution in [0.5, 0.6) is 0 Å². The lowest BCUT2D eigenvalue weighted by atomic mass is 9.85. The molecule has 0 radical (unpaired) electrons. The van der Waals surface area contributed by atoms with Crippen LogP contribution < -0.4 is 5.32 Å². The van der Waals surface area contributed by atoms with E-state index in [-0.39, 0.29) is 0 Å². The van der Waals surface area contributed by atoms with Gasteiger partial charge in [0.05, 0.1) is 0 Å². The Morgan fingerprint density at radius 2 is 2.13 bits per heavy atom. The normalized spacial score (nSPS) is 31.5. The van der Waals surface area contributed by atoms with Crippen LogP contribution >= 0.6 is 0 Å². The molecule has 15 heavy (non-hydrogen) atoms. The second kappa shape index (κ2) is 5.66. The lowest BCUT2D eigenvalue weighted by molar-refractivity contribution is 0.183. The molecule has 2 aliphatic rings. The number of hydrogen-bond acceptors (Lipinski definition) is 2. The second-order valence-electron chi connectivity index (χ2n) is 4.93. The third-order valence-corrected chi connectivity index (χ3v) is 3.99. The highest BCUT2D eigenvalue weighted by Crippen LogP contribution is 2.35. The van der Waals surface area contributed by atoms with Gasteiger partial charge in [0.15, 0.2) is 0 Å². The van der Waals surface area contributed by atoms with E-state index in [1.807, 2.05) is 6.08 Å². The topological polar surface area (TPSA) is 15.3 Å². The van der Waals surface area contributed by atoms with Gasteiger partial charge in [0.1, 0.15) is 0 Å². The summed E-state index contributed by atoms with van der Waals surface area (Å²) in [5.41, 5.74) is 0. The van der Waals surface area contributed by atoms with E-state index in [0.29, 0.717) is 0 Å². The molecule has 1 aliphatic carbocycles. The maximum Gasteiger partial charge on any atom is 0.0132 e. The molecule has 0 aromatic carbocycles. The summed E-state index contributed by atoms with van der Waals surface area (Å²) >= 11 is 0. The Bertz CT molecular complexity index is 203. The van der Waals surface area contributed by atoms with Crippen molar-refractivity contribution in [1.29, 1.82) is 0 Å². The zero-order valence-corrected chi connectivity index (χ0v) is 9.75. The second-order valence-corrected chi connectivity index (χ2v) is 4.93. The van der Waals surface area contributed by atoms with Crippen molar-refractivity contribution < 1.29 is 0 Å². The smallest absolute Gasteiger partial charge is 0.0132 e. The fraction of sp³-hybridized carbons (Fsp3) is 0.846. The highest BCUT2D eigenvalue weighted by Gasteiger charge is 2.34. The summed E-state index contributed by atoms with van der Waals surface area (Å²) in [6.45, 7) is 8.36. The molecule has 0 aromatic rings. The SMILES string of the molecule is C=CCNCCN1CCC2CCCCC21. The molecule has 0 bridgehead atoms. The third kappa shape index (κ3) is 2.82. The minimum absolute atomic E-state index is 0.921. The van der Waals surface area contributed by atoms with Crippen LogP contribution in [0.4, 0.5) is 0 Å². The molecule has 2 nitrogen and oxygen atoms in total. The van der Waals surface area contributed by atoms with Crippen molar-refractivity contribution in [2.75, 3.05) is 26.2 Å². The predicted octanol–water partition coefficient (Wildman–Crippen LogP) is 2.03. The van der Waals surface area contributed by atoms with Crippen molar-refractivity contribution in [2.45, 2.75) is 38.1 Å². The van der Waals surface area contributed by atoms with Crippen LogP contribution in [-0.2, 0) is 0 Å². The Labute approximate surface area is 93.7 Å².